The fourth-order valence-electron chi connectivity index (χ4n) is 1.38. The van der Waals surface area contributed by atoms with Crippen molar-refractivity contribution in [1.29, 1.82) is 0 Å². The van der Waals surface area contributed by atoms with Gasteiger partial charge in [-0.05, 0) is 24.3 Å². The molecule has 0 atom stereocenters. The predicted molar refractivity (Wildman–Crippen MR) is 73.3 cm³/mol. The molecule has 0 saturated carbocycles. The van der Waals surface area contributed by atoms with Crippen LogP contribution in [0.5, 0.6) is 0 Å². The molecule has 0 bridgehead atoms. The molecule has 0 aliphatic heterocycles. The quantitative estimate of drug-likeness (QED) is 0.723. The van der Waals surface area contributed by atoms with Crippen LogP contribution in [0.4, 0.5) is 0 Å². The molecule has 4 heteroatoms. The Morgan fingerprint density at radius 1 is 0.842 bits per heavy atom. The maximum atomic E-state index is 11.3. The van der Waals surface area contributed by atoms with E-state index in [0.29, 0.717) is 5.58 Å². The summed E-state index contributed by atoms with van der Waals surface area (Å²) in [5, 5.41) is 0.899. The van der Waals surface area contributed by atoms with Crippen LogP contribution in [0.25, 0.3) is 11.0 Å². The van der Waals surface area contributed by atoms with Crippen LogP contribution in [0, 0.1) is 0 Å². The largest absolute Gasteiger partial charge is 0.464 e. The van der Waals surface area contributed by atoms with E-state index in [4.69, 9.17) is 4.42 Å². The summed E-state index contributed by atoms with van der Waals surface area (Å²) in [5.41, 5.74) is 0.270. The third-order valence-electron chi connectivity index (χ3n) is 2.23. The van der Waals surface area contributed by atoms with Gasteiger partial charge in [-0.15, -0.1) is 0 Å². The zero-order valence-electron chi connectivity index (χ0n) is 10.1. The highest BCUT2D eigenvalue weighted by Gasteiger charge is 1.86. The fourth-order valence-corrected chi connectivity index (χ4v) is 1.38. The summed E-state index contributed by atoms with van der Waals surface area (Å²) >= 11 is 0. The van der Waals surface area contributed by atoms with E-state index in [1.165, 1.54) is 18.5 Å². The Morgan fingerprint density at radius 3 is 2.58 bits per heavy atom. The first-order valence-electron chi connectivity index (χ1n) is 5.71. The number of hydrogen-bond donors (Lipinski definition) is 0. The molecule has 0 aliphatic carbocycles. The molecule has 0 saturated heterocycles. The molecule has 94 valence electrons. The third kappa shape index (κ3) is 4.20. The number of benzene rings is 1. The lowest BCUT2D eigenvalue weighted by Gasteiger charge is -1.89. The maximum absolute atomic E-state index is 11.3. The van der Waals surface area contributed by atoms with Crippen molar-refractivity contribution in [2.24, 2.45) is 0 Å². The predicted octanol–water partition coefficient (Wildman–Crippen LogP) is 2.83. The van der Waals surface area contributed by atoms with Crippen LogP contribution in [0.15, 0.2) is 82.6 Å². The lowest BCUT2D eigenvalue weighted by Crippen LogP contribution is -1.97. The van der Waals surface area contributed by atoms with E-state index in [2.05, 4.69) is 9.97 Å². The number of nitrogens with zero attached hydrogens (tertiary/aromatic N) is 2. The molecule has 0 fully saturated rings. The van der Waals surface area contributed by atoms with Crippen molar-refractivity contribution in [1.82, 2.24) is 9.97 Å². The van der Waals surface area contributed by atoms with Gasteiger partial charge in [0.15, 0.2) is 0 Å². The van der Waals surface area contributed by atoms with Crippen LogP contribution in [0.2, 0.25) is 0 Å². The summed E-state index contributed by atoms with van der Waals surface area (Å²) in [5.74, 6) is 0. The first kappa shape index (κ1) is 12.7. The van der Waals surface area contributed by atoms with Crippen LogP contribution in [-0.2, 0) is 0 Å². The molecule has 2 rings (SSSR count). The van der Waals surface area contributed by atoms with Gasteiger partial charge in [-0.1, -0.05) is 18.2 Å². The summed E-state index contributed by atoms with van der Waals surface area (Å²) in [6.07, 6.45) is 5.91. The van der Waals surface area contributed by atoms with Gasteiger partial charge in [0.25, 0.3) is 5.56 Å². The Hall–Kier alpha value is -2.75. The van der Waals surface area contributed by atoms with Gasteiger partial charge in [0.2, 0.25) is 0 Å². The molecule has 1 heterocycles. The summed E-state index contributed by atoms with van der Waals surface area (Å²) < 4.78 is 5.41. The van der Waals surface area contributed by atoms with E-state index in [1.54, 1.807) is 18.5 Å². The molecular formula is C15H12N2O2. The van der Waals surface area contributed by atoms with Crippen molar-refractivity contribution in [3.8, 4) is 0 Å². The zero-order valence-corrected chi connectivity index (χ0v) is 10.1. The number of rotatable bonds is 0. The molecule has 0 N–H and O–H groups in total. The minimum Gasteiger partial charge on any atom is -0.464 e. The van der Waals surface area contributed by atoms with Gasteiger partial charge in [0.05, 0.1) is 6.26 Å². The molecule has 19 heavy (non-hydrogen) atoms. The van der Waals surface area contributed by atoms with E-state index < -0.39 is 5.56 Å². The molecule has 1 aromatic carbocycles. The summed E-state index contributed by atoms with van der Waals surface area (Å²) in [4.78, 5) is 19.0. The minimum atomic E-state index is -0.390. The number of para-hydroxylation sites is 1. The standard InChI is InChI=1S/C15H12N2O2/c18-15-8-12-19-14-7-2-1-5-13(14)6-3-9-16-10-4-11-17-15/h1-12H. The van der Waals surface area contributed by atoms with Gasteiger partial charge in [0.1, 0.15) is 5.58 Å². The highest BCUT2D eigenvalue weighted by Crippen LogP contribution is 2.08. The van der Waals surface area contributed by atoms with Crippen molar-refractivity contribution >= 4 is 11.0 Å². The third-order valence-corrected chi connectivity index (χ3v) is 2.23. The Bertz CT molecular complexity index is 723. The highest BCUT2D eigenvalue weighted by atomic mass is 16.3. The SMILES string of the molecule is O=c1ccoc2ccccc2cccncccn1. The second-order valence-corrected chi connectivity index (χ2v) is 3.57. The Labute approximate surface area is 110 Å². The lowest BCUT2D eigenvalue weighted by atomic mass is 10.2. The molecule has 1 aromatic heterocycles. The van der Waals surface area contributed by atoms with Gasteiger partial charge in [-0.2, -0.15) is 0 Å². The topological polar surface area (TPSA) is 56.0 Å². The second kappa shape index (κ2) is 6.86. The van der Waals surface area contributed by atoms with Crippen LogP contribution >= 0.6 is 0 Å². The first-order chi connectivity index (χ1) is 9.36. The fraction of sp³-hybridized carbons (Fsp3) is 0. The minimum absolute atomic E-state index is 0.390. The van der Waals surface area contributed by atoms with Gasteiger partial charge in [0, 0.05) is 30.0 Å². The molecule has 0 aliphatic rings. The molecule has 0 spiro atoms. The number of fused-ring (bicyclic) bond motifs is 1. The Morgan fingerprint density at radius 2 is 1.63 bits per heavy atom. The van der Waals surface area contributed by atoms with Crippen LogP contribution in [-0.4, -0.2) is 9.97 Å². The van der Waals surface area contributed by atoms with Crippen molar-refractivity contribution in [2.45, 2.75) is 0 Å². The summed E-state index contributed by atoms with van der Waals surface area (Å²) in [6.45, 7) is 0. The summed E-state index contributed by atoms with van der Waals surface area (Å²) in [6, 6.07) is 14.0. The van der Waals surface area contributed by atoms with E-state index in [-0.39, 0.29) is 0 Å². The monoisotopic (exact) mass is 252 g/mol. The van der Waals surface area contributed by atoms with E-state index >= 15 is 0 Å². The first-order valence-corrected chi connectivity index (χ1v) is 5.71. The van der Waals surface area contributed by atoms with Crippen LogP contribution in [0.3, 0.4) is 0 Å². The van der Waals surface area contributed by atoms with E-state index in [1.807, 2.05) is 36.4 Å². The zero-order chi connectivity index (χ0) is 13.3. The second-order valence-electron chi connectivity index (χ2n) is 3.57. The molecule has 2 aromatic rings. The molecular weight excluding hydrogens is 240 g/mol. The van der Waals surface area contributed by atoms with Gasteiger partial charge < -0.3 is 4.42 Å². The van der Waals surface area contributed by atoms with Crippen molar-refractivity contribution in [2.75, 3.05) is 0 Å². The van der Waals surface area contributed by atoms with E-state index in [0.717, 1.165) is 5.39 Å². The maximum Gasteiger partial charge on any atom is 0.272 e. The van der Waals surface area contributed by atoms with Crippen molar-refractivity contribution < 1.29 is 4.42 Å². The summed E-state index contributed by atoms with van der Waals surface area (Å²) in [7, 11) is 0. The molecule has 0 unspecified atom stereocenters. The highest BCUT2D eigenvalue weighted by molar-refractivity contribution is 5.75. The average Bonchev–Trinajstić information content (AvgIpc) is 2.42. The van der Waals surface area contributed by atoms with Gasteiger partial charge in [-0.3, -0.25) is 9.78 Å². The van der Waals surface area contributed by atoms with Crippen molar-refractivity contribution in [3.63, 3.8) is 0 Å². The van der Waals surface area contributed by atoms with Gasteiger partial charge >= 0.3 is 0 Å². The Balaban J connectivity index is 2.71. The molecule has 4 nitrogen and oxygen atoms in total. The van der Waals surface area contributed by atoms with Crippen molar-refractivity contribution in [3.05, 3.63) is 83.7 Å². The van der Waals surface area contributed by atoms with Gasteiger partial charge in [-0.25, -0.2) is 4.98 Å². The Kier molecular flexibility index (Phi) is 4.58. The van der Waals surface area contributed by atoms with Crippen LogP contribution in [0.1, 0.15) is 0 Å². The molecule has 0 radical (unpaired) electrons. The smallest absolute Gasteiger partial charge is 0.272 e. The van der Waals surface area contributed by atoms with E-state index in [9.17, 15) is 4.79 Å². The normalized spacial score (nSPS) is 9.26. The number of hydrogen-bond acceptors (Lipinski definition) is 4. The van der Waals surface area contributed by atoms with Crippen LogP contribution < -0.4 is 5.56 Å². The number of aromatic nitrogens is 2. The lowest BCUT2D eigenvalue weighted by molar-refractivity contribution is 0.605. The molecule has 0 amide bonds. The average molecular weight is 252 g/mol.